The third-order valence-corrected chi connectivity index (χ3v) is 6.29. The van der Waals surface area contributed by atoms with Crippen LogP contribution in [0.15, 0.2) is 42.0 Å². The molecule has 5 heteroatoms. The number of aromatic nitrogens is 1. The lowest BCUT2D eigenvalue weighted by atomic mass is 9.89. The van der Waals surface area contributed by atoms with E-state index in [0.29, 0.717) is 18.1 Å². The summed E-state index contributed by atoms with van der Waals surface area (Å²) in [5.74, 6) is 0.611. The summed E-state index contributed by atoms with van der Waals surface area (Å²) < 4.78 is 5.82. The van der Waals surface area contributed by atoms with Crippen molar-refractivity contribution in [3.8, 4) is 0 Å². The Labute approximate surface area is 148 Å². The fourth-order valence-corrected chi connectivity index (χ4v) is 5.02. The van der Waals surface area contributed by atoms with Gasteiger partial charge in [-0.3, -0.25) is 14.8 Å². The largest absolute Gasteiger partial charge is 0.381 e. The van der Waals surface area contributed by atoms with E-state index in [-0.39, 0.29) is 0 Å². The van der Waals surface area contributed by atoms with Crippen molar-refractivity contribution >= 4 is 11.3 Å². The summed E-state index contributed by atoms with van der Waals surface area (Å²) in [7, 11) is 1.88. The number of likely N-dealkylation sites (tertiary alicyclic amines) is 2. The van der Waals surface area contributed by atoms with Crippen LogP contribution in [0.4, 0.5) is 0 Å². The molecule has 0 aliphatic carbocycles. The Morgan fingerprint density at radius 3 is 2.96 bits per heavy atom. The SMILES string of the molecule is CO[C@@H]1CCN(Cc2cccs2)[C@@H]2CN(Cc3cccnc3)C[C@@H]21. The van der Waals surface area contributed by atoms with Crippen LogP contribution in [0.25, 0.3) is 0 Å². The highest BCUT2D eigenvalue weighted by molar-refractivity contribution is 7.09. The van der Waals surface area contributed by atoms with E-state index in [1.165, 1.54) is 10.4 Å². The number of methoxy groups -OCH3 is 1. The Morgan fingerprint density at radius 1 is 1.25 bits per heavy atom. The van der Waals surface area contributed by atoms with Crippen LogP contribution >= 0.6 is 11.3 Å². The number of hydrogen-bond donors (Lipinski definition) is 0. The molecule has 2 aliphatic rings. The molecule has 0 amide bonds. The first kappa shape index (κ1) is 16.2. The molecule has 0 unspecified atom stereocenters. The molecule has 0 N–H and O–H groups in total. The van der Waals surface area contributed by atoms with Gasteiger partial charge in [0.1, 0.15) is 0 Å². The molecule has 2 aromatic rings. The topological polar surface area (TPSA) is 28.6 Å². The third kappa shape index (κ3) is 3.40. The van der Waals surface area contributed by atoms with E-state index in [1.807, 2.05) is 36.9 Å². The number of nitrogens with zero attached hydrogens (tertiary/aromatic N) is 3. The minimum atomic E-state index is 0.397. The van der Waals surface area contributed by atoms with Gasteiger partial charge in [-0.05, 0) is 29.5 Å². The number of hydrogen-bond acceptors (Lipinski definition) is 5. The highest BCUT2D eigenvalue weighted by Gasteiger charge is 2.44. The predicted molar refractivity (Wildman–Crippen MR) is 96.9 cm³/mol. The zero-order valence-corrected chi connectivity index (χ0v) is 15.0. The number of piperidine rings is 1. The first-order valence-corrected chi connectivity index (χ1v) is 9.62. The van der Waals surface area contributed by atoms with Crippen LogP contribution in [0.5, 0.6) is 0 Å². The fourth-order valence-electron chi connectivity index (χ4n) is 4.29. The second-order valence-corrected chi connectivity index (χ2v) is 7.93. The summed E-state index contributed by atoms with van der Waals surface area (Å²) in [5, 5.41) is 2.18. The van der Waals surface area contributed by atoms with E-state index < -0.39 is 0 Å². The second-order valence-electron chi connectivity index (χ2n) is 6.90. The van der Waals surface area contributed by atoms with Crippen molar-refractivity contribution in [1.29, 1.82) is 0 Å². The zero-order chi connectivity index (χ0) is 16.4. The molecule has 3 atom stereocenters. The monoisotopic (exact) mass is 343 g/mol. The molecule has 2 aromatic heterocycles. The standard InChI is InChI=1S/C19H25N3OS/c1-23-19-6-8-22(12-16-5-3-9-24-16)18-14-21(13-17(18)19)11-15-4-2-7-20-10-15/h2-5,7,9-10,17-19H,6,8,11-14H2,1H3/t17-,18+,19+/m0/s1. The highest BCUT2D eigenvalue weighted by atomic mass is 32.1. The van der Waals surface area contributed by atoms with Gasteiger partial charge in [0.05, 0.1) is 6.10 Å². The van der Waals surface area contributed by atoms with Gasteiger partial charge in [0.25, 0.3) is 0 Å². The van der Waals surface area contributed by atoms with Crippen molar-refractivity contribution in [1.82, 2.24) is 14.8 Å². The number of rotatable bonds is 5. The van der Waals surface area contributed by atoms with Gasteiger partial charge in [0.2, 0.25) is 0 Å². The van der Waals surface area contributed by atoms with Gasteiger partial charge in [0, 0.05) is 69.1 Å². The zero-order valence-electron chi connectivity index (χ0n) is 14.2. The quantitative estimate of drug-likeness (QED) is 0.835. The Balaban J connectivity index is 1.47. The van der Waals surface area contributed by atoms with E-state index in [1.54, 1.807) is 0 Å². The molecule has 0 bridgehead atoms. The first-order valence-electron chi connectivity index (χ1n) is 8.74. The van der Waals surface area contributed by atoms with Gasteiger partial charge >= 0.3 is 0 Å². The summed E-state index contributed by atoms with van der Waals surface area (Å²) in [5.41, 5.74) is 1.30. The minimum absolute atomic E-state index is 0.397. The molecule has 0 saturated carbocycles. The van der Waals surface area contributed by atoms with Crippen LogP contribution in [-0.4, -0.2) is 53.7 Å². The molecular formula is C19H25N3OS. The lowest BCUT2D eigenvalue weighted by molar-refractivity contribution is -0.0242. The lowest BCUT2D eigenvalue weighted by Crippen LogP contribution is -2.50. The maximum atomic E-state index is 5.82. The van der Waals surface area contributed by atoms with Crippen molar-refractivity contribution in [2.45, 2.75) is 31.7 Å². The summed E-state index contributed by atoms with van der Waals surface area (Å²) in [6.07, 6.45) is 5.37. The van der Waals surface area contributed by atoms with E-state index in [4.69, 9.17) is 4.74 Å². The van der Waals surface area contributed by atoms with Gasteiger partial charge in [-0.15, -0.1) is 11.3 Å². The maximum absolute atomic E-state index is 5.82. The van der Waals surface area contributed by atoms with E-state index >= 15 is 0 Å². The third-order valence-electron chi connectivity index (χ3n) is 5.43. The van der Waals surface area contributed by atoms with Crippen molar-refractivity contribution in [3.63, 3.8) is 0 Å². The van der Waals surface area contributed by atoms with Crippen LogP contribution < -0.4 is 0 Å². The molecule has 4 rings (SSSR count). The normalized spacial score (nSPS) is 28.1. The predicted octanol–water partition coefficient (Wildman–Crippen LogP) is 2.86. The molecule has 24 heavy (non-hydrogen) atoms. The number of thiophene rings is 1. The smallest absolute Gasteiger partial charge is 0.0639 e. The second kappa shape index (κ2) is 7.31. The summed E-state index contributed by atoms with van der Waals surface area (Å²) in [4.78, 5) is 11.0. The van der Waals surface area contributed by atoms with E-state index in [2.05, 4.69) is 38.4 Å². The molecule has 0 spiro atoms. The number of ether oxygens (including phenoxy) is 1. The van der Waals surface area contributed by atoms with E-state index in [0.717, 1.165) is 39.1 Å². The molecule has 2 fully saturated rings. The summed E-state index contributed by atoms with van der Waals surface area (Å²) >= 11 is 1.87. The average molecular weight is 343 g/mol. The molecule has 4 heterocycles. The molecule has 4 nitrogen and oxygen atoms in total. The van der Waals surface area contributed by atoms with Crippen LogP contribution in [0.3, 0.4) is 0 Å². The summed E-state index contributed by atoms with van der Waals surface area (Å²) in [6, 6.07) is 9.21. The lowest BCUT2D eigenvalue weighted by Gasteiger charge is -2.41. The molecule has 0 radical (unpaired) electrons. The van der Waals surface area contributed by atoms with Crippen LogP contribution in [0, 0.1) is 5.92 Å². The number of fused-ring (bicyclic) bond motifs is 1. The first-order chi connectivity index (χ1) is 11.8. The maximum Gasteiger partial charge on any atom is 0.0639 e. The molecular weight excluding hydrogens is 318 g/mol. The van der Waals surface area contributed by atoms with Crippen molar-refractivity contribution in [3.05, 3.63) is 52.5 Å². The van der Waals surface area contributed by atoms with Gasteiger partial charge in [-0.1, -0.05) is 12.1 Å². The van der Waals surface area contributed by atoms with Gasteiger partial charge in [-0.2, -0.15) is 0 Å². The Kier molecular flexibility index (Phi) is 4.94. The number of pyridine rings is 1. The highest BCUT2D eigenvalue weighted by Crippen LogP contribution is 2.34. The Morgan fingerprint density at radius 2 is 2.21 bits per heavy atom. The van der Waals surface area contributed by atoms with Crippen LogP contribution in [0.1, 0.15) is 16.9 Å². The van der Waals surface area contributed by atoms with Crippen LogP contribution in [-0.2, 0) is 17.8 Å². The van der Waals surface area contributed by atoms with Crippen LogP contribution in [0.2, 0.25) is 0 Å². The minimum Gasteiger partial charge on any atom is -0.381 e. The molecule has 0 aromatic carbocycles. The fraction of sp³-hybridized carbons (Fsp3) is 0.526. The van der Waals surface area contributed by atoms with Crippen molar-refractivity contribution in [2.24, 2.45) is 5.92 Å². The van der Waals surface area contributed by atoms with Gasteiger partial charge in [0.15, 0.2) is 0 Å². The average Bonchev–Trinajstić information content (AvgIpc) is 3.26. The van der Waals surface area contributed by atoms with Gasteiger partial charge < -0.3 is 4.74 Å². The molecule has 2 saturated heterocycles. The Hall–Kier alpha value is -1.27. The molecule has 128 valence electrons. The van der Waals surface area contributed by atoms with Crippen molar-refractivity contribution in [2.75, 3.05) is 26.7 Å². The van der Waals surface area contributed by atoms with Crippen molar-refractivity contribution < 1.29 is 4.74 Å². The van der Waals surface area contributed by atoms with E-state index in [9.17, 15) is 0 Å². The molecule has 2 aliphatic heterocycles. The Bertz CT molecular complexity index is 633. The van der Waals surface area contributed by atoms with Gasteiger partial charge in [-0.25, -0.2) is 0 Å². The summed E-state index contributed by atoms with van der Waals surface area (Å²) in [6.45, 7) is 5.46.